The fourth-order valence-corrected chi connectivity index (χ4v) is 2.37. The lowest BCUT2D eigenvalue weighted by Gasteiger charge is -2.10. The topological polar surface area (TPSA) is 21.7 Å². The molecule has 0 heterocycles. The Morgan fingerprint density at radius 3 is 1.94 bits per heavy atom. The van der Waals surface area contributed by atoms with Gasteiger partial charge in [-0.2, -0.15) is 0 Å². The second kappa shape index (κ2) is 11.3. The Morgan fingerprint density at radius 1 is 1.06 bits per heavy atom. The third kappa shape index (κ3) is 10.4. The first kappa shape index (κ1) is 15.8. The molecule has 4 heteroatoms. The zero-order chi connectivity index (χ0) is 12.2. The van der Waals surface area contributed by atoms with Crippen LogP contribution in [0.15, 0.2) is 11.3 Å². The minimum atomic E-state index is -0.210. The maximum atomic E-state index is 5.40. The molecule has 0 unspecified atom stereocenters. The molecule has 0 saturated carbocycles. The van der Waals surface area contributed by atoms with E-state index in [1.54, 1.807) is 0 Å². The summed E-state index contributed by atoms with van der Waals surface area (Å²) in [5, 5.41) is 0. The summed E-state index contributed by atoms with van der Waals surface area (Å²) in [5.74, 6) is 0. The molecule has 0 rings (SSSR count). The van der Waals surface area contributed by atoms with Gasteiger partial charge in [-0.3, -0.25) is 0 Å². The molecule has 0 aliphatic carbocycles. The van der Waals surface area contributed by atoms with E-state index in [0.29, 0.717) is 0 Å². The summed E-state index contributed by atoms with van der Waals surface area (Å²) in [6.07, 6.45) is 2.11. The number of nitrogens with zero attached hydrogens (tertiary/aromatic N) is 1. The van der Waals surface area contributed by atoms with Crippen LogP contribution in [-0.4, -0.2) is 54.8 Å². The van der Waals surface area contributed by atoms with Crippen LogP contribution in [0, 0.1) is 0 Å². The van der Waals surface area contributed by atoms with Crippen LogP contribution >= 0.6 is 0 Å². The Hall–Kier alpha value is -0.163. The third-order valence-electron chi connectivity index (χ3n) is 2.29. The predicted octanol–water partition coefficient (Wildman–Crippen LogP) is 1.37. The summed E-state index contributed by atoms with van der Waals surface area (Å²) in [6.45, 7) is 7.39. The summed E-state index contributed by atoms with van der Waals surface area (Å²) < 4.78 is 13.1. The van der Waals surface area contributed by atoms with E-state index in [0.717, 1.165) is 39.3 Å². The van der Waals surface area contributed by atoms with E-state index in [1.807, 2.05) is 13.8 Å². The van der Waals surface area contributed by atoms with E-state index in [9.17, 15) is 0 Å². The average molecular weight is 245 g/mol. The van der Waals surface area contributed by atoms with E-state index < -0.39 is 0 Å². The van der Waals surface area contributed by atoms with Crippen LogP contribution in [0.1, 0.15) is 26.7 Å². The minimum Gasteiger partial charge on any atom is -0.381 e. The standard InChI is InChI=1S/C12H27NO2Si/c1-5-14-9-7-12(8-10-15-6-2)11-16-13(3)4/h11H,5-10,16H2,1-4H3. The molecule has 0 aliphatic heterocycles. The van der Waals surface area contributed by atoms with E-state index in [1.165, 1.54) is 5.57 Å². The molecule has 0 N–H and O–H groups in total. The lowest BCUT2D eigenvalue weighted by atomic mass is 10.1. The Morgan fingerprint density at radius 2 is 1.56 bits per heavy atom. The van der Waals surface area contributed by atoms with Crippen molar-refractivity contribution in [1.82, 2.24) is 4.57 Å². The average Bonchev–Trinajstić information content (AvgIpc) is 2.25. The van der Waals surface area contributed by atoms with E-state index in [4.69, 9.17) is 9.47 Å². The molecule has 0 amide bonds. The van der Waals surface area contributed by atoms with Crippen molar-refractivity contribution in [3.05, 3.63) is 11.3 Å². The summed E-state index contributed by atoms with van der Waals surface area (Å²) in [5.41, 5.74) is 3.93. The van der Waals surface area contributed by atoms with Crippen molar-refractivity contribution >= 4 is 9.68 Å². The molecule has 0 spiro atoms. The molecule has 0 aromatic rings. The number of rotatable bonds is 10. The summed E-state index contributed by atoms with van der Waals surface area (Å²) in [4.78, 5) is 0. The molecule has 0 fully saturated rings. The van der Waals surface area contributed by atoms with Gasteiger partial charge < -0.3 is 14.0 Å². The normalized spacial score (nSPS) is 11.6. The highest BCUT2D eigenvalue weighted by atomic mass is 28.2. The first-order chi connectivity index (χ1) is 7.70. The minimum absolute atomic E-state index is 0.210. The van der Waals surface area contributed by atoms with Gasteiger partial charge in [0, 0.05) is 13.2 Å². The van der Waals surface area contributed by atoms with Crippen LogP contribution in [0.25, 0.3) is 0 Å². The molecular formula is C12H27NO2Si. The van der Waals surface area contributed by atoms with Gasteiger partial charge >= 0.3 is 0 Å². The van der Waals surface area contributed by atoms with Gasteiger partial charge in [0.2, 0.25) is 0 Å². The van der Waals surface area contributed by atoms with Gasteiger partial charge in [0.25, 0.3) is 0 Å². The van der Waals surface area contributed by atoms with Gasteiger partial charge in [0.15, 0.2) is 0 Å². The Labute approximate surface area is 103 Å². The van der Waals surface area contributed by atoms with Gasteiger partial charge in [-0.15, -0.1) is 0 Å². The largest absolute Gasteiger partial charge is 0.381 e. The van der Waals surface area contributed by atoms with Crippen molar-refractivity contribution in [3.8, 4) is 0 Å². The predicted molar refractivity (Wildman–Crippen MR) is 72.5 cm³/mol. The lowest BCUT2D eigenvalue weighted by molar-refractivity contribution is 0.139. The lowest BCUT2D eigenvalue weighted by Crippen LogP contribution is -2.16. The van der Waals surface area contributed by atoms with Crippen molar-refractivity contribution in [3.63, 3.8) is 0 Å². The number of hydrogen-bond donors (Lipinski definition) is 0. The zero-order valence-corrected chi connectivity index (χ0v) is 12.7. The molecule has 16 heavy (non-hydrogen) atoms. The van der Waals surface area contributed by atoms with Gasteiger partial charge in [0.05, 0.1) is 13.2 Å². The summed E-state index contributed by atoms with van der Waals surface area (Å²) in [7, 11) is 4.08. The van der Waals surface area contributed by atoms with Crippen molar-refractivity contribution in [1.29, 1.82) is 0 Å². The van der Waals surface area contributed by atoms with Crippen LogP contribution in [0.2, 0.25) is 0 Å². The molecule has 0 atom stereocenters. The van der Waals surface area contributed by atoms with Crippen molar-refractivity contribution in [2.75, 3.05) is 40.5 Å². The van der Waals surface area contributed by atoms with Crippen LogP contribution in [-0.2, 0) is 9.47 Å². The Balaban J connectivity index is 3.89. The Bertz CT molecular complexity index is 172. The second-order valence-corrected chi connectivity index (χ2v) is 6.06. The van der Waals surface area contributed by atoms with E-state index in [2.05, 4.69) is 24.4 Å². The molecule has 0 bridgehead atoms. The molecular weight excluding hydrogens is 218 g/mol. The van der Waals surface area contributed by atoms with Crippen molar-refractivity contribution < 1.29 is 9.47 Å². The first-order valence-corrected chi connectivity index (χ1v) is 7.63. The molecule has 3 nitrogen and oxygen atoms in total. The quantitative estimate of drug-likeness (QED) is 0.429. The summed E-state index contributed by atoms with van der Waals surface area (Å²) in [6, 6.07) is 0. The van der Waals surface area contributed by atoms with Crippen molar-refractivity contribution in [2.24, 2.45) is 0 Å². The second-order valence-electron chi connectivity index (χ2n) is 4.02. The highest BCUT2D eigenvalue weighted by Crippen LogP contribution is 2.07. The monoisotopic (exact) mass is 245 g/mol. The maximum absolute atomic E-state index is 5.40. The molecule has 0 aromatic carbocycles. The van der Waals surface area contributed by atoms with Gasteiger partial charge in [-0.25, -0.2) is 0 Å². The molecule has 96 valence electrons. The Kier molecular flexibility index (Phi) is 11.2. The first-order valence-electron chi connectivity index (χ1n) is 6.18. The zero-order valence-electron chi connectivity index (χ0n) is 11.3. The number of hydrogen-bond acceptors (Lipinski definition) is 3. The van der Waals surface area contributed by atoms with Crippen LogP contribution < -0.4 is 0 Å². The smallest absolute Gasteiger partial charge is 0.119 e. The van der Waals surface area contributed by atoms with Crippen LogP contribution in [0.5, 0.6) is 0 Å². The van der Waals surface area contributed by atoms with Gasteiger partial charge in [0.1, 0.15) is 9.68 Å². The molecule has 0 radical (unpaired) electrons. The van der Waals surface area contributed by atoms with Gasteiger partial charge in [-0.1, -0.05) is 11.3 Å². The molecule has 0 aromatic heterocycles. The molecule has 0 saturated heterocycles. The van der Waals surface area contributed by atoms with E-state index in [-0.39, 0.29) is 9.68 Å². The highest BCUT2D eigenvalue weighted by Gasteiger charge is 1.99. The van der Waals surface area contributed by atoms with Crippen LogP contribution in [0.3, 0.4) is 0 Å². The SMILES string of the molecule is CCOCCC(=C[SiH2]N(C)C)CCOCC. The van der Waals surface area contributed by atoms with Crippen molar-refractivity contribution in [2.45, 2.75) is 26.7 Å². The third-order valence-corrected chi connectivity index (χ3v) is 3.78. The number of ether oxygens (including phenoxy) is 2. The van der Waals surface area contributed by atoms with E-state index >= 15 is 0 Å². The molecule has 0 aliphatic rings. The van der Waals surface area contributed by atoms with Gasteiger partial charge in [-0.05, 0) is 40.8 Å². The fourth-order valence-electron chi connectivity index (χ4n) is 1.34. The highest BCUT2D eigenvalue weighted by molar-refractivity contribution is 6.38. The van der Waals surface area contributed by atoms with Crippen LogP contribution in [0.4, 0.5) is 0 Å². The fraction of sp³-hybridized carbons (Fsp3) is 0.833. The maximum Gasteiger partial charge on any atom is 0.119 e. The summed E-state index contributed by atoms with van der Waals surface area (Å²) >= 11 is 0.